The van der Waals surface area contributed by atoms with Crippen LogP contribution in [0.2, 0.25) is 0 Å². The number of hydrogen-bond donors (Lipinski definition) is 2. The fraction of sp³-hybridized carbons (Fsp3) is 0.917. The lowest BCUT2D eigenvalue weighted by Crippen LogP contribution is -2.46. The van der Waals surface area contributed by atoms with Crippen molar-refractivity contribution in [3.05, 3.63) is 0 Å². The number of carbonyl (C=O) groups excluding carboxylic acids is 1. The zero-order valence-corrected chi connectivity index (χ0v) is 12.4. The largest absolute Gasteiger partial charge is 0.379 e. The van der Waals surface area contributed by atoms with E-state index < -0.39 is 6.04 Å². The van der Waals surface area contributed by atoms with Gasteiger partial charge in [-0.3, -0.25) is 4.79 Å². The standard InChI is InChI=1S/C12H26N2O2S/c1-9(8-12(2,3)16-4)14-11(15)10(13)6-7-17-5/h9-10H,6-8,13H2,1-5H3,(H,14,15)/t9?,10-/m0/s1. The van der Waals surface area contributed by atoms with Crippen LogP contribution in [0, 0.1) is 0 Å². The normalized spacial score (nSPS) is 15.4. The van der Waals surface area contributed by atoms with Gasteiger partial charge in [0.05, 0.1) is 11.6 Å². The van der Waals surface area contributed by atoms with Gasteiger partial charge >= 0.3 is 0 Å². The van der Waals surface area contributed by atoms with Crippen LogP contribution in [0.3, 0.4) is 0 Å². The molecule has 0 aliphatic carbocycles. The van der Waals surface area contributed by atoms with E-state index in [2.05, 4.69) is 5.32 Å². The van der Waals surface area contributed by atoms with Gasteiger partial charge in [0.2, 0.25) is 5.91 Å². The van der Waals surface area contributed by atoms with Crippen molar-refractivity contribution in [3.8, 4) is 0 Å². The molecule has 17 heavy (non-hydrogen) atoms. The molecule has 2 atom stereocenters. The Morgan fingerprint density at radius 1 is 1.53 bits per heavy atom. The second kappa shape index (κ2) is 7.95. The second-order valence-electron chi connectivity index (χ2n) is 4.97. The number of amides is 1. The Hall–Kier alpha value is -0.260. The molecule has 0 saturated carbocycles. The quantitative estimate of drug-likeness (QED) is 0.694. The van der Waals surface area contributed by atoms with Crippen molar-refractivity contribution in [1.82, 2.24) is 5.32 Å². The maximum atomic E-state index is 11.7. The van der Waals surface area contributed by atoms with Crippen LogP contribution >= 0.6 is 11.8 Å². The van der Waals surface area contributed by atoms with Gasteiger partial charge in [0.1, 0.15) is 0 Å². The number of hydrogen-bond acceptors (Lipinski definition) is 4. The fourth-order valence-electron chi connectivity index (χ4n) is 1.60. The van der Waals surface area contributed by atoms with E-state index in [1.54, 1.807) is 18.9 Å². The minimum absolute atomic E-state index is 0.0674. The van der Waals surface area contributed by atoms with Gasteiger partial charge in [0, 0.05) is 13.2 Å². The fourth-order valence-corrected chi connectivity index (χ4v) is 2.09. The third-order valence-electron chi connectivity index (χ3n) is 2.71. The highest BCUT2D eigenvalue weighted by atomic mass is 32.2. The molecule has 0 saturated heterocycles. The molecule has 0 aliphatic heterocycles. The van der Waals surface area contributed by atoms with Crippen molar-refractivity contribution in [2.75, 3.05) is 19.1 Å². The van der Waals surface area contributed by atoms with E-state index in [0.29, 0.717) is 6.42 Å². The summed E-state index contributed by atoms with van der Waals surface area (Å²) in [7, 11) is 1.68. The first-order valence-corrected chi connectivity index (χ1v) is 7.32. The molecule has 0 aromatic carbocycles. The molecule has 0 aromatic rings. The maximum absolute atomic E-state index is 11.7. The molecule has 0 radical (unpaired) electrons. The van der Waals surface area contributed by atoms with Crippen LogP contribution in [-0.4, -0.2) is 42.7 Å². The summed E-state index contributed by atoms with van der Waals surface area (Å²) in [6.07, 6.45) is 3.49. The number of nitrogens with one attached hydrogen (secondary N) is 1. The summed E-state index contributed by atoms with van der Waals surface area (Å²) < 4.78 is 5.33. The van der Waals surface area contributed by atoms with E-state index in [0.717, 1.165) is 12.2 Å². The van der Waals surface area contributed by atoms with E-state index in [4.69, 9.17) is 10.5 Å². The Morgan fingerprint density at radius 3 is 2.59 bits per heavy atom. The van der Waals surface area contributed by atoms with E-state index in [9.17, 15) is 4.79 Å². The van der Waals surface area contributed by atoms with Crippen molar-refractivity contribution in [1.29, 1.82) is 0 Å². The Bertz CT molecular complexity index is 235. The Balaban J connectivity index is 4.03. The molecule has 5 heteroatoms. The van der Waals surface area contributed by atoms with Gasteiger partial charge in [-0.2, -0.15) is 11.8 Å². The van der Waals surface area contributed by atoms with Gasteiger partial charge in [-0.1, -0.05) is 0 Å². The molecule has 0 aliphatic rings. The number of carbonyl (C=O) groups is 1. The highest BCUT2D eigenvalue weighted by Crippen LogP contribution is 2.15. The summed E-state index contributed by atoms with van der Waals surface area (Å²) >= 11 is 1.70. The van der Waals surface area contributed by atoms with E-state index >= 15 is 0 Å². The number of rotatable bonds is 8. The molecule has 1 amide bonds. The molecule has 0 bridgehead atoms. The third-order valence-corrected chi connectivity index (χ3v) is 3.35. The Kier molecular flexibility index (Phi) is 7.83. The summed E-state index contributed by atoms with van der Waals surface area (Å²) in [5.41, 5.74) is 5.57. The molecule has 0 heterocycles. The molecule has 4 nitrogen and oxygen atoms in total. The van der Waals surface area contributed by atoms with Crippen LogP contribution in [-0.2, 0) is 9.53 Å². The molecular formula is C12H26N2O2S. The lowest BCUT2D eigenvalue weighted by atomic mass is 9.99. The first-order chi connectivity index (χ1) is 7.82. The number of methoxy groups -OCH3 is 1. The number of ether oxygens (including phenoxy) is 1. The Labute approximate surface area is 109 Å². The smallest absolute Gasteiger partial charge is 0.237 e. The molecule has 0 spiro atoms. The predicted molar refractivity (Wildman–Crippen MR) is 74.3 cm³/mol. The number of nitrogens with two attached hydrogens (primary N) is 1. The molecular weight excluding hydrogens is 236 g/mol. The topological polar surface area (TPSA) is 64.3 Å². The molecule has 3 N–H and O–H groups in total. The lowest BCUT2D eigenvalue weighted by Gasteiger charge is -2.27. The van der Waals surface area contributed by atoms with Crippen LogP contribution in [0.25, 0.3) is 0 Å². The molecule has 0 rings (SSSR count). The number of thioether (sulfide) groups is 1. The molecule has 0 aromatic heterocycles. The van der Waals surface area contributed by atoms with Gasteiger partial charge in [0.25, 0.3) is 0 Å². The van der Waals surface area contributed by atoms with E-state index in [-0.39, 0.29) is 17.6 Å². The van der Waals surface area contributed by atoms with Gasteiger partial charge in [-0.15, -0.1) is 0 Å². The van der Waals surface area contributed by atoms with Crippen LogP contribution in [0.15, 0.2) is 0 Å². The zero-order chi connectivity index (χ0) is 13.5. The summed E-state index contributed by atoms with van der Waals surface area (Å²) in [6.45, 7) is 5.98. The van der Waals surface area contributed by atoms with E-state index in [1.807, 2.05) is 27.0 Å². The van der Waals surface area contributed by atoms with Gasteiger partial charge < -0.3 is 15.8 Å². The summed E-state index contributed by atoms with van der Waals surface area (Å²) in [5.74, 6) is 0.838. The lowest BCUT2D eigenvalue weighted by molar-refractivity contribution is -0.123. The van der Waals surface area contributed by atoms with Crippen molar-refractivity contribution >= 4 is 17.7 Å². The summed E-state index contributed by atoms with van der Waals surface area (Å²) in [6, 6.07) is -0.340. The van der Waals surface area contributed by atoms with Crippen LogP contribution in [0.5, 0.6) is 0 Å². The first-order valence-electron chi connectivity index (χ1n) is 5.92. The highest BCUT2D eigenvalue weighted by Gasteiger charge is 2.22. The molecule has 102 valence electrons. The third kappa shape index (κ3) is 7.63. The summed E-state index contributed by atoms with van der Waals surface area (Å²) in [5, 5.41) is 2.93. The monoisotopic (exact) mass is 262 g/mol. The zero-order valence-electron chi connectivity index (χ0n) is 11.6. The van der Waals surface area contributed by atoms with Crippen molar-refractivity contribution in [2.45, 2.75) is 51.3 Å². The second-order valence-corrected chi connectivity index (χ2v) is 5.95. The minimum Gasteiger partial charge on any atom is -0.379 e. The molecule has 1 unspecified atom stereocenters. The van der Waals surface area contributed by atoms with Gasteiger partial charge in [-0.25, -0.2) is 0 Å². The molecule has 0 fully saturated rings. The maximum Gasteiger partial charge on any atom is 0.237 e. The predicted octanol–water partition coefficient (Wildman–Crippen LogP) is 1.39. The van der Waals surface area contributed by atoms with Crippen molar-refractivity contribution in [3.63, 3.8) is 0 Å². The minimum atomic E-state index is -0.407. The van der Waals surface area contributed by atoms with Gasteiger partial charge in [-0.05, 0) is 45.6 Å². The van der Waals surface area contributed by atoms with Crippen LogP contribution in [0.4, 0.5) is 0 Å². The Morgan fingerprint density at radius 2 is 2.12 bits per heavy atom. The van der Waals surface area contributed by atoms with E-state index in [1.165, 1.54) is 0 Å². The van der Waals surface area contributed by atoms with Crippen LogP contribution in [0.1, 0.15) is 33.6 Å². The SMILES string of the molecule is COC(C)(C)CC(C)NC(=O)[C@@H](N)CCSC. The van der Waals surface area contributed by atoms with Gasteiger partial charge in [0.15, 0.2) is 0 Å². The average molecular weight is 262 g/mol. The van der Waals surface area contributed by atoms with Crippen molar-refractivity contribution in [2.24, 2.45) is 5.73 Å². The average Bonchev–Trinajstić information content (AvgIpc) is 2.24. The first kappa shape index (κ1) is 16.7. The highest BCUT2D eigenvalue weighted by molar-refractivity contribution is 7.98. The van der Waals surface area contributed by atoms with Crippen LogP contribution < -0.4 is 11.1 Å². The van der Waals surface area contributed by atoms with Crippen molar-refractivity contribution < 1.29 is 9.53 Å². The summed E-state index contributed by atoms with van der Waals surface area (Å²) in [4.78, 5) is 11.7.